The van der Waals surface area contributed by atoms with Gasteiger partial charge in [0.15, 0.2) is 9.84 Å². The summed E-state index contributed by atoms with van der Waals surface area (Å²) in [5.41, 5.74) is 7.02. The maximum absolute atomic E-state index is 11.4. The molecular formula is C12H18N2O3S. The summed E-state index contributed by atoms with van der Waals surface area (Å²) in [5, 5.41) is 3.19. The molecule has 0 amide bonds. The average Bonchev–Trinajstić information content (AvgIpc) is 2.79. The van der Waals surface area contributed by atoms with E-state index in [2.05, 4.69) is 5.32 Å². The van der Waals surface area contributed by atoms with E-state index in [0.717, 1.165) is 25.1 Å². The lowest BCUT2D eigenvalue weighted by Gasteiger charge is -2.14. The van der Waals surface area contributed by atoms with Crippen LogP contribution < -0.4 is 11.1 Å². The maximum atomic E-state index is 11.4. The Hall–Kier alpha value is -1.27. The van der Waals surface area contributed by atoms with Gasteiger partial charge in [0.1, 0.15) is 0 Å². The monoisotopic (exact) mass is 270 g/mol. The van der Waals surface area contributed by atoms with Crippen LogP contribution in [-0.2, 0) is 14.6 Å². The summed E-state index contributed by atoms with van der Waals surface area (Å²) in [4.78, 5) is 0.239. The average molecular weight is 270 g/mol. The number of rotatable bonds is 4. The van der Waals surface area contributed by atoms with Gasteiger partial charge in [-0.05, 0) is 31.0 Å². The van der Waals surface area contributed by atoms with E-state index < -0.39 is 9.84 Å². The highest BCUT2D eigenvalue weighted by Gasteiger charge is 2.15. The highest BCUT2D eigenvalue weighted by molar-refractivity contribution is 7.90. The second-order valence-corrected chi connectivity index (χ2v) is 6.55. The highest BCUT2D eigenvalue weighted by Crippen LogP contribution is 2.23. The van der Waals surface area contributed by atoms with E-state index in [1.165, 1.54) is 12.3 Å². The molecule has 2 rings (SSSR count). The van der Waals surface area contributed by atoms with Gasteiger partial charge in [-0.15, -0.1) is 0 Å². The molecule has 1 atom stereocenters. The lowest BCUT2D eigenvalue weighted by molar-refractivity contribution is 0.120. The lowest BCUT2D eigenvalue weighted by Crippen LogP contribution is -2.19. The van der Waals surface area contributed by atoms with Gasteiger partial charge in [-0.25, -0.2) is 8.42 Å². The molecule has 0 saturated carbocycles. The second kappa shape index (κ2) is 5.16. The van der Waals surface area contributed by atoms with Gasteiger partial charge in [0.05, 0.1) is 22.4 Å². The molecule has 5 nitrogen and oxygen atoms in total. The van der Waals surface area contributed by atoms with Crippen molar-refractivity contribution in [2.75, 3.05) is 30.5 Å². The Kier molecular flexibility index (Phi) is 3.77. The smallest absolute Gasteiger partial charge is 0.175 e. The van der Waals surface area contributed by atoms with E-state index in [1.54, 1.807) is 12.1 Å². The molecule has 0 spiro atoms. The van der Waals surface area contributed by atoms with Crippen molar-refractivity contribution in [1.29, 1.82) is 0 Å². The fourth-order valence-corrected chi connectivity index (χ4v) is 2.62. The molecule has 0 aliphatic carbocycles. The number of nitrogen functional groups attached to an aromatic ring is 1. The van der Waals surface area contributed by atoms with Crippen LogP contribution in [0.1, 0.15) is 12.8 Å². The first-order chi connectivity index (χ1) is 8.47. The minimum absolute atomic E-state index is 0.221. The van der Waals surface area contributed by atoms with Crippen molar-refractivity contribution < 1.29 is 13.2 Å². The SMILES string of the molecule is CS(=O)(=O)c1ccc(NCC2CCCO2)c(N)c1. The molecule has 3 N–H and O–H groups in total. The van der Waals surface area contributed by atoms with Gasteiger partial charge < -0.3 is 15.8 Å². The standard InChI is InChI=1S/C12H18N2O3S/c1-18(15,16)10-4-5-12(11(13)7-10)14-8-9-3-2-6-17-9/h4-5,7,9,14H,2-3,6,8,13H2,1H3. The molecule has 1 unspecified atom stereocenters. The number of hydrogen-bond acceptors (Lipinski definition) is 5. The third-order valence-corrected chi connectivity index (χ3v) is 4.11. The molecular weight excluding hydrogens is 252 g/mol. The largest absolute Gasteiger partial charge is 0.397 e. The van der Waals surface area contributed by atoms with Crippen LogP contribution in [0.3, 0.4) is 0 Å². The van der Waals surface area contributed by atoms with Gasteiger partial charge in [0.2, 0.25) is 0 Å². The molecule has 18 heavy (non-hydrogen) atoms. The lowest BCUT2D eigenvalue weighted by atomic mass is 10.2. The van der Waals surface area contributed by atoms with Crippen LogP contribution >= 0.6 is 0 Å². The maximum Gasteiger partial charge on any atom is 0.175 e. The Morgan fingerprint density at radius 1 is 1.50 bits per heavy atom. The first-order valence-electron chi connectivity index (χ1n) is 5.92. The van der Waals surface area contributed by atoms with Crippen LogP contribution in [0.4, 0.5) is 11.4 Å². The van der Waals surface area contributed by atoms with Crippen molar-refractivity contribution in [3.8, 4) is 0 Å². The van der Waals surface area contributed by atoms with Gasteiger partial charge in [-0.2, -0.15) is 0 Å². The van der Waals surface area contributed by atoms with Crippen LogP contribution in [0.2, 0.25) is 0 Å². The minimum atomic E-state index is -3.21. The zero-order valence-corrected chi connectivity index (χ0v) is 11.2. The number of hydrogen-bond donors (Lipinski definition) is 2. The van der Waals surface area contributed by atoms with Gasteiger partial charge in [0, 0.05) is 19.4 Å². The van der Waals surface area contributed by atoms with E-state index in [1.807, 2.05) is 0 Å². The van der Waals surface area contributed by atoms with E-state index in [4.69, 9.17) is 10.5 Å². The van der Waals surface area contributed by atoms with Gasteiger partial charge in [-0.1, -0.05) is 0 Å². The van der Waals surface area contributed by atoms with Crippen LogP contribution in [0.25, 0.3) is 0 Å². The minimum Gasteiger partial charge on any atom is -0.397 e. The number of nitrogens with one attached hydrogen (secondary N) is 1. The van der Waals surface area contributed by atoms with E-state index in [-0.39, 0.29) is 11.0 Å². The first-order valence-corrected chi connectivity index (χ1v) is 7.81. The Bertz CT molecular complexity index is 522. The summed E-state index contributed by atoms with van der Waals surface area (Å²) < 4.78 is 28.2. The number of ether oxygens (including phenoxy) is 1. The van der Waals surface area contributed by atoms with Crippen molar-refractivity contribution >= 4 is 21.2 Å². The zero-order valence-electron chi connectivity index (χ0n) is 10.3. The quantitative estimate of drug-likeness (QED) is 0.805. The molecule has 1 aromatic carbocycles. The van der Waals surface area contributed by atoms with Crippen molar-refractivity contribution in [1.82, 2.24) is 0 Å². The van der Waals surface area contributed by atoms with E-state index in [0.29, 0.717) is 12.2 Å². The molecule has 0 aromatic heterocycles. The third-order valence-electron chi connectivity index (χ3n) is 3.00. The van der Waals surface area contributed by atoms with Crippen molar-refractivity contribution in [3.63, 3.8) is 0 Å². The predicted molar refractivity (Wildman–Crippen MR) is 71.4 cm³/mol. The number of anilines is 2. The molecule has 1 fully saturated rings. The molecule has 6 heteroatoms. The van der Waals surface area contributed by atoms with Crippen molar-refractivity contribution in [2.24, 2.45) is 0 Å². The van der Waals surface area contributed by atoms with Crippen LogP contribution in [-0.4, -0.2) is 33.9 Å². The van der Waals surface area contributed by atoms with Crippen molar-refractivity contribution in [3.05, 3.63) is 18.2 Å². The van der Waals surface area contributed by atoms with Gasteiger partial charge in [-0.3, -0.25) is 0 Å². The molecule has 1 saturated heterocycles. The number of nitrogens with two attached hydrogens (primary N) is 1. The summed E-state index contributed by atoms with van der Waals surface area (Å²) in [6.07, 6.45) is 3.53. The Balaban J connectivity index is 2.05. The summed E-state index contributed by atoms with van der Waals surface area (Å²) in [6, 6.07) is 4.73. The van der Waals surface area contributed by atoms with E-state index in [9.17, 15) is 8.42 Å². The van der Waals surface area contributed by atoms with Gasteiger partial charge in [0.25, 0.3) is 0 Å². The molecule has 100 valence electrons. The fourth-order valence-electron chi connectivity index (χ4n) is 1.96. The van der Waals surface area contributed by atoms with Crippen LogP contribution in [0.5, 0.6) is 0 Å². The molecule has 0 radical (unpaired) electrons. The second-order valence-electron chi connectivity index (χ2n) is 4.54. The van der Waals surface area contributed by atoms with E-state index >= 15 is 0 Å². The first kappa shape index (κ1) is 13.2. The van der Waals surface area contributed by atoms with Crippen LogP contribution in [0, 0.1) is 0 Å². The van der Waals surface area contributed by atoms with Crippen molar-refractivity contribution in [2.45, 2.75) is 23.8 Å². The fraction of sp³-hybridized carbons (Fsp3) is 0.500. The Morgan fingerprint density at radius 3 is 2.83 bits per heavy atom. The molecule has 1 aliphatic rings. The third kappa shape index (κ3) is 3.14. The van der Waals surface area contributed by atoms with Gasteiger partial charge >= 0.3 is 0 Å². The zero-order chi connectivity index (χ0) is 13.2. The summed E-state index contributed by atoms with van der Waals surface area (Å²) >= 11 is 0. The molecule has 0 bridgehead atoms. The predicted octanol–water partition coefficient (Wildman–Crippen LogP) is 1.26. The summed E-state index contributed by atoms with van der Waals surface area (Å²) in [7, 11) is -3.21. The highest BCUT2D eigenvalue weighted by atomic mass is 32.2. The molecule has 1 aliphatic heterocycles. The molecule has 1 aromatic rings. The number of benzene rings is 1. The molecule has 1 heterocycles. The van der Waals surface area contributed by atoms with Crippen LogP contribution in [0.15, 0.2) is 23.1 Å². The topological polar surface area (TPSA) is 81.4 Å². The Labute approximate surface area is 107 Å². The summed E-state index contributed by atoms with van der Waals surface area (Å²) in [6.45, 7) is 1.51. The normalized spacial score (nSPS) is 19.9. The number of sulfone groups is 1. The summed E-state index contributed by atoms with van der Waals surface area (Å²) in [5.74, 6) is 0. The Morgan fingerprint density at radius 2 is 2.28 bits per heavy atom.